The van der Waals surface area contributed by atoms with E-state index in [1.165, 1.54) is 42.5 Å². The monoisotopic (exact) mass is 656 g/mol. The number of aryl methyl sites for hydroxylation is 2. The lowest BCUT2D eigenvalue weighted by Crippen LogP contribution is -2.56. The van der Waals surface area contributed by atoms with Crippen LogP contribution < -0.4 is 10.6 Å². The second kappa shape index (κ2) is 11.7. The van der Waals surface area contributed by atoms with Gasteiger partial charge in [-0.3, -0.25) is 9.59 Å². The Morgan fingerprint density at radius 3 is 1.76 bits per heavy atom. The Labute approximate surface area is 245 Å². The van der Waals surface area contributed by atoms with Gasteiger partial charge in [0.25, 0.3) is 21.9 Å². The molecule has 42 heavy (non-hydrogen) atoms. The molecule has 0 atom stereocenters. The van der Waals surface area contributed by atoms with Gasteiger partial charge >= 0.3 is 18.0 Å². The molecule has 0 saturated carbocycles. The number of halogens is 8. The summed E-state index contributed by atoms with van der Waals surface area (Å²) in [5, 5.41) is 5.09. The number of alkyl halides is 6. The van der Waals surface area contributed by atoms with Gasteiger partial charge in [-0.25, -0.2) is 4.18 Å². The van der Waals surface area contributed by atoms with Crippen molar-refractivity contribution < 1.29 is 48.5 Å². The van der Waals surface area contributed by atoms with Crippen molar-refractivity contribution in [2.75, 3.05) is 16.9 Å². The summed E-state index contributed by atoms with van der Waals surface area (Å²) in [6.07, 6.45) is -12.4. The van der Waals surface area contributed by atoms with Gasteiger partial charge in [0.1, 0.15) is 0 Å². The number of amides is 2. The summed E-state index contributed by atoms with van der Waals surface area (Å²) in [4.78, 5) is 25.7. The van der Waals surface area contributed by atoms with E-state index < -0.39 is 45.4 Å². The molecule has 0 radical (unpaired) electrons. The number of rotatable bonds is 7. The predicted octanol–water partition coefficient (Wildman–Crippen LogP) is 7.41. The molecule has 0 heterocycles. The van der Waals surface area contributed by atoms with E-state index in [0.717, 1.165) is 13.8 Å². The molecular formula is C26H20Cl2F6N2O5S. The van der Waals surface area contributed by atoms with Crippen molar-refractivity contribution in [3.8, 4) is 0 Å². The largest absolute Gasteiger partial charge is 0.432 e. The third-order valence-electron chi connectivity index (χ3n) is 5.82. The molecule has 16 heteroatoms. The van der Waals surface area contributed by atoms with E-state index in [2.05, 4.69) is 14.8 Å². The molecule has 0 saturated heterocycles. The minimum atomic E-state index is -6.24. The van der Waals surface area contributed by atoms with E-state index in [1.54, 1.807) is 0 Å². The fourth-order valence-electron chi connectivity index (χ4n) is 4.05. The molecule has 0 bridgehead atoms. The molecule has 0 aliphatic carbocycles. The number of hydrogen-bond acceptors (Lipinski definition) is 5. The lowest BCUT2D eigenvalue weighted by atomic mass is 9.89. The smallest absolute Gasteiger partial charge is 0.322 e. The van der Waals surface area contributed by atoms with Gasteiger partial charge in [0.05, 0.1) is 21.9 Å². The van der Waals surface area contributed by atoms with Crippen molar-refractivity contribution in [2.45, 2.75) is 31.8 Å². The summed E-state index contributed by atoms with van der Waals surface area (Å²) in [6.45, 7) is 2.24. The van der Waals surface area contributed by atoms with Gasteiger partial charge < -0.3 is 10.6 Å². The SMILES string of the molecule is Cc1cc(C(OS(C)(=O)=O)(C(F)(F)F)C(F)(F)F)cc(C)c1NC(=O)c1cccc(NC(=O)c2c(Cl)cccc2Cl)c1. The normalized spacial score (nSPS) is 12.6. The van der Waals surface area contributed by atoms with E-state index in [9.17, 15) is 44.3 Å². The Morgan fingerprint density at radius 2 is 1.29 bits per heavy atom. The van der Waals surface area contributed by atoms with Gasteiger partial charge in [0.15, 0.2) is 0 Å². The highest BCUT2D eigenvalue weighted by Crippen LogP contribution is 2.54. The molecule has 3 aromatic carbocycles. The first-order valence-corrected chi connectivity index (χ1v) is 14.1. The number of anilines is 2. The summed E-state index contributed by atoms with van der Waals surface area (Å²) < 4.78 is 110. The van der Waals surface area contributed by atoms with Crippen molar-refractivity contribution in [3.63, 3.8) is 0 Å². The van der Waals surface area contributed by atoms with E-state index in [0.29, 0.717) is 12.1 Å². The van der Waals surface area contributed by atoms with Crippen molar-refractivity contribution in [2.24, 2.45) is 0 Å². The molecule has 0 aliphatic heterocycles. The van der Waals surface area contributed by atoms with Crippen LogP contribution in [0.4, 0.5) is 37.7 Å². The van der Waals surface area contributed by atoms with E-state index >= 15 is 0 Å². The van der Waals surface area contributed by atoms with Gasteiger partial charge in [-0.15, -0.1) is 0 Å². The minimum absolute atomic E-state index is 0.0179. The maximum Gasteiger partial charge on any atom is 0.432 e. The van der Waals surface area contributed by atoms with Crippen LogP contribution in [0.25, 0.3) is 0 Å². The zero-order valence-electron chi connectivity index (χ0n) is 21.7. The minimum Gasteiger partial charge on any atom is -0.322 e. The number of carbonyl (C=O) groups is 2. The average molecular weight is 657 g/mol. The Balaban J connectivity index is 1.97. The fraction of sp³-hybridized carbons (Fsp3) is 0.231. The lowest BCUT2D eigenvalue weighted by Gasteiger charge is -2.36. The third-order valence-corrected chi connectivity index (χ3v) is 7.01. The molecule has 0 fully saturated rings. The summed E-state index contributed by atoms with van der Waals surface area (Å²) in [7, 11) is -5.28. The van der Waals surface area contributed by atoms with Crippen LogP contribution in [0.1, 0.15) is 37.4 Å². The zero-order valence-corrected chi connectivity index (χ0v) is 24.0. The van der Waals surface area contributed by atoms with E-state index in [1.807, 2.05) is 0 Å². The van der Waals surface area contributed by atoms with Crippen LogP contribution in [0.15, 0.2) is 54.6 Å². The number of carbonyl (C=O) groups excluding carboxylic acids is 2. The molecule has 7 nitrogen and oxygen atoms in total. The number of benzene rings is 3. The van der Waals surface area contributed by atoms with E-state index in [4.69, 9.17) is 23.2 Å². The molecule has 2 N–H and O–H groups in total. The molecule has 0 aliphatic rings. The first-order chi connectivity index (χ1) is 19.2. The molecule has 3 rings (SSSR count). The summed E-state index contributed by atoms with van der Waals surface area (Å²) in [5.41, 5.74) is -7.33. The first-order valence-electron chi connectivity index (χ1n) is 11.5. The Morgan fingerprint density at radius 1 is 0.786 bits per heavy atom. The van der Waals surface area contributed by atoms with Crippen LogP contribution in [-0.4, -0.2) is 38.8 Å². The average Bonchev–Trinajstić information content (AvgIpc) is 2.82. The van der Waals surface area contributed by atoms with Gasteiger partial charge in [-0.1, -0.05) is 47.5 Å². The van der Waals surface area contributed by atoms with Crippen molar-refractivity contribution in [3.05, 3.63) is 92.5 Å². The second-order valence-electron chi connectivity index (χ2n) is 9.03. The van der Waals surface area contributed by atoms with Gasteiger partial charge in [0, 0.05) is 22.5 Å². The highest BCUT2D eigenvalue weighted by atomic mass is 35.5. The maximum absolute atomic E-state index is 13.9. The Bertz CT molecular complexity index is 1600. The second-order valence-corrected chi connectivity index (χ2v) is 11.4. The predicted molar refractivity (Wildman–Crippen MR) is 144 cm³/mol. The van der Waals surface area contributed by atoms with Crippen LogP contribution in [0, 0.1) is 13.8 Å². The molecule has 0 spiro atoms. The van der Waals surface area contributed by atoms with Gasteiger partial charge in [-0.2, -0.15) is 34.8 Å². The molecule has 226 valence electrons. The van der Waals surface area contributed by atoms with Gasteiger partial charge in [0.2, 0.25) is 0 Å². The highest BCUT2D eigenvalue weighted by Gasteiger charge is 2.75. The zero-order chi connectivity index (χ0) is 31.8. The van der Waals surface area contributed by atoms with Crippen LogP contribution in [0.5, 0.6) is 0 Å². The van der Waals surface area contributed by atoms with Crippen LogP contribution >= 0.6 is 23.2 Å². The van der Waals surface area contributed by atoms with E-state index in [-0.39, 0.29) is 49.9 Å². The fourth-order valence-corrected chi connectivity index (χ4v) is 5.36. The summed E-state index contributed by atoms with van der Waals surface area (Å²) in [6, 6.07) is 10.7. The molecule has 0 unspecified atom stereocenters. The summed E-state index contributed by atoms with van der Waals surface area (Å²) >= 11 is 12.1. The molecular weight excluding hydrogens is 637 g/mol. The third kappa shape index (κ3) is 6.83. The van der Waals surface area contributed by atoms with Crippen molar-refractivity contribution in [1.29, 1.82) is 0 Å². The molecule has 3 aromatic rings. The Kier molecular flexibility index (Phi) is 9.28. The summed E-state index contributed by atoms with van der Waals surface area (Å²) in [5.74, 6) is -1.51. The number of nitrogens with one attached hydrogen (secondary N) is 2. The molecule has 2 amide bonds. The highest BCUT2D eigenvalue weighted by molar-refractivity contribution is 7.86. The number of hydrogen-bond donors (Lipinski definition) is 2. The van der Waals surface area contributed by atoms with Crippen molar-refractivity contribution in [1.82, 2.24) is 0 Å². The topological polar surface area (TPSA) is 102 Å². The standard InChI is InChI=1S/C26H20Cl2F6N2O5S/c1-13-10-16(24(25(29,30)31,26(32,33)34)41-42(3,39)40)11-14(2)21(13)36-22(37)15-6-4-7-17(12-15)35-23(38)20-18(27)8-5-9-19(20)28/h4-12H,1-3H3,(H,35,38)(H,36,37). The van der Waals surface area contributed by atoms with Crippen molar-refractivity contribution >= 4 is 56.5 Å². The van der Waals surface area contributed by atoms with Crippen LogP contribution in [0.3, 0.4) is 0 Å². The van der Waals surface area contributed by atoms with Crippen LogP contribution in [-0.2, 0) is 19.9 Å². The molecule has 0 aromatic heterocycles. The van der Waals surface area contributed by atoms with Crippen LogP contribution in [0.2, 0.25) is 10.0 Å². The lowest BCUT2D eigenvalue weighted by molar-refractivity contribution is -0.364. The van der Waals surface area contributed by atoms with Gasteiger partial charge in [-0.05, 0) is 55.3 Å². The first kappa shape index (κ1) is 33.2. The Hall–Kier alpha value is -3.33. The maximum atomic E-state index is 13.9. The quantitative estimate of drug-likeness (QED) is 0.204.